The van der Waals surface area contributed by atoms with Gasteiger partial charge in [-0.15, -0.1) is 0 Å². The van der Waals surface area contributed by atoms with Crippen molar-refractivity contribution in [2.45, 2.75) is 0 Å². The van der Waals surface area contributed by atoms with Gasteiger partial charge in [0.25, 0.3) is 0 Å². The molecule has 0 unspecified atom stereocenters. The number of nitrogens with zero attached hydrogens (tertiary/aromatic N) is 12. The van der Waals surface area contributed by atoms with Crippen LogP contribution < -0.4 is 9.25 Å². The van der Waals surface area contributed by atoms with Gasteiger partial charge in [-0.1, -0.05) is 0 Å². The van der Waals surface area contributed by atoms with Crippen molar-refractivity contribution in [2.75, 3.05) is 84.6 Å². The summed E-state index contributed by atoms with van der Waals surface area (Å²) in [6.45, 7) is 0. The van der Waals surface area contributed by atoms with Crippen molar-refractivity contribution in [3.63, 3.8) is 0 Å². The van der Waals surface area contributed by atoms with E-state index in [1.165, 1.54) is 9.69 Å². The molecular formula is C24H44BFN12O4P2. The van der Waals surface area contributed by atoms with E-state index in [-0.39, 0.29) is 0 Å². The predicted octanol–water partition coefficient (Wildman–Crippen LogP) is 2.35. The van der Waals surface area contributed by atoms with Crippen molar-refractivity contribution in [3.8, 4) is 0 Å². The molecule has 44 heavy (non-hydrogen) atoms. The fourth-order valence-electron chi connectivity index (χ4n) is 5.58. The Balaban J connectivity index is 1.89. The molecule has 0 N–H and O–H groups in total. The fraction of sp³-hybridized carbons (Fsp3) is 0.500. The summed E-state index contributed by atoms with van der Waals surface area (Å²) in [5.74, 6) is 0. The predicted molar refractivity (Wildman–Crippen MR) is 173 cm³/mol. The topological polar surface area (TPSA) is 118 Å². The van der Waals surface area contributed by atoms with Gasteiger partial charge in [-0.05, 0) is 0 Å². The SMILES string of the molecule is CN(C)P(OB(F)OP(On1nnc2ccccc21)(N(C)C)(N(C)C)N(C)C)(On1nnc2ccccc21)(N(C)C)N(C)C. The number of halogens is 1. The first-order valence-electron chi connectivity index (χ1n) is 13.7. The van der Waals surface area contributed by atoms with E-state index in [2.05, 4.69) is 20.6 Å². The molecule has 0 saturated carbocycles. The van der Waals surface area contributed by atoms with E-state index in [1.54, 1.807) is 137 Å². The summed E-state index contributed by atoms with van der Waals surface area (Å²) in [7, 11) is 9.24. The molecule has 0 amide bonds. The number of fused-ring (bicyclic) bond motifs is 2. The van der Waals surface area contributed by atoms with Crippen LogP contribution in [0.2, 0.25) is 0 Å². The molecule has 0 spiro atoms. The third-order valence-corrected chi connectivity index (χ3v) is 17.9. The summed E-state index contributed by atoms with van der Waals surface area (Å²) in [4.78, 5) is 2.50. The number of aromatic nitrogens is 6. The molecule has 0 radical (unpaired) electrons. The molecule has 16 nitrogen and oxygen atoms in total. The summed E-state index contributed by atoms with van der Waals surface area (Å²) >= 11 is 0. The maximum atomic E-state index is 17.1. The third kappa shape index (κ3) is 4.85. The van der Waals surface area contributed by atoms with E-state index in [4.69, 9.17) is 18.1 Å². The average molecular weight is 656 g/mol. The molecule has 2 heterocycles. The second-order valence-corrected chi connectivity index (χ2v) is 20.2. The minimum atomic E-state index is -4.61. The first-order valence-corrected chi connectivity index (χ1v) is 17.6. The first-order chi connectivity index (χ1) is 20.6. The Bertz CT molecular complexity index is 1440. The minimum absolute atomic E-state index is 0.572. The van der Waals surface area contributed by atoms with Gasteiger partial charge in [0, 0.05) is 0 Å². The average Bonchev–Trinajstić information content (AvgIpc) is 3.55. The summed E-state index contributed by atoms with van der Waals surface area (Å²) < 4.78 is 53.7. The van der Waals surface area contributed by atoms with Crippen LogP contribution in [0.25, 0.3) is 22.1 Å². The molecule has 0 aliphatic rings. The van der Waals surface area contributed by atoms with Crippen molar-refractivity contribution >= 4 is 44.5 Å². The Morgan fingerprint density at radius 3 is 1.14 bits per heavy atom. The van der Waals surface area contributed by atoms with Crippen LogP contribution in [0.15, 0.2) is 48.5 Å². The molecule has 2 aromatic heterocycles. The second-order valence-electron chi connectivity index (χ2n) is 11.3. The van der Waals surface area contributed by atoms with Crippen LogP contribution in [0.4, 0.5) is 4.32 Å². The van der Waals surface area contributed by atoms with Gasteiger partial charge in [-0.25, -0.2) is 0 Å². The summed E-state index contributed by atoms with van der Waals surface area (Å²) in [6.07, 6.45) is 0. The molecule has 4 rings (SSSR count). The summed E-state index contributed by atoms with van der Waals surface area (Å²) in [5.41, 5.74) is 2.34. The number of rotatable bonds is 14. The third-order valence-electron chi connectivity index (χ3n) is 7.72. The van der Waals surface area contributed by atoms with Crippen molar-refractivity contribution in [2.24, 2.45) is 0 Å². The number of hydrogen-bond donors (Lipinski definition) is 0. The van der Waals surface area contributed by atoms with Crippen LogP contribution in [0, 0.1) is 0 Å². The molecule has 0 aliphatic heterocycles. The van der Waals surface area contributed by atoms with Gasteiger partial charge < -0.3 is 0 Å². The Morgan fingerprint density at radius 2 is 0.841 bits per heavy atom. The number of benzene rings is 2. The fourth-order valence-corrected chi connectivity index (χ4v) is 13.5. The van der Waals surface area contributed by atoms with E-state index >= 15 is 4.32 Å². The Labute approximate surface area is 258 Å². The van der Waals surface area contributed by atoms with Crippen LogP contribution in [0.3, 0.4) is 0 Å². The summed E-state index contributed by atoms with van der Waals surface area (Å²) in [5, 5.41) is 16.9. The monoisotopic (exact) mass is 656 g/mol. The maximum absolute atomic E-state index is 17.1. The Morgan fingerprint density at radius 1 is 0.545 bits per heavy atom. The molecule has 0 fully saturated rings. The molecule has 0 bridgehead atoms. The van der Waals surface area contributed by atoms with Gasteiger partial charge >= 0.3 is 258 Å². The Hall–Kier alpha value is -2.63. The van der Waals surface area contributed by atoms with Crippen LogP contribution >= 0.6 is 15.0 Å². The molecule has 0 aliphatic carbocycles. The van der Waals surface area contributed by atoms with E-state index in [0.717, 1.165) is 0 Å². The standard InChI is InChI=1S/C24H44BFN12O4P2/c1-31(2)43(32(3)4,33(5)6,41-37-23-19-15-13-17-21(23)27-29-37)39-25(26)40-44(34(7)8,35(9)10,36(11)12)42-38-24-20-16-14-18-22(24)28-30-38/h13-20H,1-12H3. The van der Waals surface area contributed by atoms with Crippen molar-refractivity contribution in [3.05, 3.63) is 48.5 Å². The van der Waals surface area contributed by atoms with E-state index in [0.29, 0.717) is 22.1 Å². The molecule has 0 saturated heterocycles. The molecule has 4 aromatic rings. The van der Waals surface area contributed by atoms with Crippen LogP contribution in [0.1, 0.15) is 0 Å². The van der Waals surface area contributed by atoms with Crippen molar-refractivity contribution < 1.29 is 22.4 Å². The van der Waals surface area contributed by atoms with Crippen molar-refractivity contribution in [1.82, 2.24) is 58.3 Å². The van der Waals surface area contributed by atoms with E-state index < -0.39 is 22.4 Å². The van der Waals surface area contributed by atoms with Gasteiger partial charge in [0.1, 0.15) is 0 Å². The zero-order valence-corrected chi connectivity index (χ0v) is 29.3. The molecular weight excluding hydrogens is 612 g/mol. The molecule has 244 valence electrons. The number of para-hydroxylation sites is 2. The molecule has 20 heteroatoms. The summed E-state index contributed by atoms with van der Waals surface area (Å²) in [6, 6.07) is 14.6. The van der Waals surface area contributed by atoms with E-state index in [1.807, 2.05) is 24.3 Å². The van der Waals surface area contributed by atoms with E-state index in [9.17, 15) is 0 Å². The van der Waals surface area contributed by atoms with Crippen LogP contribution in [-0.4, -0.2) is 150 Å². The normalized spacial score (nSPS) is 15.1. The molecule has 2 aromatic carbocycles. The quantitative estimate of drug-likeness (QED) is 0.146. The Kier molecular flexibility index (Phi) is 9.30. The van der Waals surface area contributed by atoms with Crippen LogP contribution in [-0.2, 0) is 8.88 Å². The number of hydrogen-bond acceptors (Lipinski definition) is 14. The van der Waals surface area contributed by atoms with Gasteiger partial charge in [0.15, 0.2) is 0 Å². The zero-order valence-electron chi connectivity index (χ0n) is 27.5. The van der Waals surface area contributed by atoms with Crippen molar-refractivity contribution in [1.29, 1.82) is 0 Å². The van der Waals surface area contributed by atoms with Gasteiger partial charge in [-0.2, -0.15) is 0 Å². The van der Waals surface area contributed by atoms with Crippen LogP contribution in [0.5, 0.6) is 0 Å². The first kappa shape index (κ1) is 34.3. The van der Waals surface area contributed by atoms with Gasteiger partial charge in [0.2, 0.25) is 0 Å². The second kappa shape index (κ2) is 12.0. The van der Waals surface area contributed by atoms with Gasteiger partial charge in [-0.3, -0.25) is 0 Å². The van der Waals surface area contributed by atoms with Gasteiger partial charge in [0.05, 0.1) is 0 Å². The molecule has 0 atom stereocenters. The zero-order chi connectivity index (χ0) is 32.7.